The van der Waals surface area contributed by atoms with E-state index in [4.69, 9.17) is 5.73 Å². The van der Waals surface area contributed by atoms with Crippen LogP contribution in [-0.4, -0.2) is 30.1 Å². The second kappa shape index (κ2) is 6.49. The predicted octanol–water partition coefficient (Wildman–Crippen LogP) is 2.62. The van der Waals surface area contributed by atoms with Gasteiger partial charge < -0.3 is 10.6 Å². The lowest BCUT2D eigenvalue weighted by Crippen LogP contribution is -2.42. The molecule has 2 atom stereocenters. The van der Waals surface area contributed by atoms with E-state index in [1.807, 2.05) is 0 Å². The van der Waals surface area contributed by atoms with Gasteiger partial charge in [-0.3, -0.25) is 0 Å². The molecule has 1 aliphatic rings. The van der Waals surface area contributed by atoms with Crippen LogP contribution in [0.3, 0.4) is 0 Å². The third-order valence-corrected chi connectivity index (χ3v) is 3.30. The summed E-state index contributed by atoms with van der Waals surface area (Å²) in [5.74, 6) is 0.792. The number of hydrogen-bond acceptors (Lipinski definition) is 2. The largest absolute Gasteiger partial charge is 0.328 e. The first kappa shape index (κ1) is 13.0. The van der Waals surface area contributed by atoms with Gasteiger partial charge in [-0.1, -0.05) is 20.3 Å². The zero-order chi connectivity index (χ0) is 11.3. The van der Waals surface area contributed by atoms with Gasteiger partial charge in [0.2, 0.25) is 0 Å². The third-order valence-electron chi connectivity index (χ3n) is 3.30. The molecule has 1 rings (SSSR count). The van der Waals surface area contributed by atoms with Crippen molar-refractivity contribution in [2.45, 2.75) is 65.0 Å². The van der Waals surface area contributed by atoms with Crippen molar-refractivity contribution in [3.63, 3.8) is 0 Å². The summed E-state index contributed by atoms with van der Waals surface area (Å²) in [6.07, 6.45) is 6.67. The highest BCUT2D eigenvalue weighted by atomic mass is 15.2. The summed E-state index contributed by atoms with van der Waals surface area (Å²) in [5, 5.41) is 0. The normalized spacial score (nSPS) is 25.8. The van der Waals surface area contributed by atoms with Crippen molar-refractivity contribution in [3.05, 3.63) is 0 Å². The van der Waals surface area contributed by atoms with Crippen molar-refractivity contribution in [1.82, 2.24) is 4.90 Å². The van der Waals surface area contributed by atoms with Crippen molar-refractivity contribution < 1.29 is 0 Å². The molecule has 0 amide bonds. The van der Waals surface area contributed by atoms with Gasteiger partial charge >= 0.3 is 0 Å². The molecule has 0 aromatic heterocycles. The van der Waals surface area contributed by atoms with E-state index >= 15 is 0 Å². The molecule has 0 saturated carbocycles. The van der Waals surface area contributed by atoms with E-state index in [1.54, 1.807) is 0 Å². The second-order valence-electron chi connectivity index (χ2n) is 5.59. The van der Waals surface area contributed by atoms with Gasteiger partial charge in [0.25, 0.3) is 0 Å². The van der Waals surface area contributed by atoms with Crippen molar-refractivity contribution in [2.24, 2.45) is 11.7 Å². The van der Waals surface area contributed by atoms with E-state index in [-0.39, 0.29) is 0 Å². The van der Waals surface area contributed by atoms with Crippen LogP contribution < -0.4 is 5.73 Å². The van der Waals surface area contributed by atoms with Gasteiger partial charge in [-0.25, -0.2) is 0 Å². The van der Waals surface area contributed by atoms with Crippen LogP contribution in [0.1, 0.15) is 52.9 Å². The van der Waals surface area contributed by atoms with Crippen LogP contribution in [-0.2, 0) is 0 Å². The monoisotopic (exact) mass is 212 g/mol. The lowest BCUT2D eigenvalue weighted by molar-refractivity contribution is 0.122. The van der Waals surface area contributed by atoms with Crippen molar-refractivity contribution >= 4 is 0 Å². The zero-order valence-corrected chi connectivity index (χ0v) is 10.7. The SMILES string of the molecule is CC(C)CN1CCCCC1CCC(C)N. The molecule has 2 nitrogen and oxygen atoms in total. The topological polar surface area (TPSA) is 29.3 Å². The maximum atomic E-state index is 5.84. The molecule has 15 heavy (non-hydrogen) atoms. The van der Waals surface area contributed by atoms with Gasteiger partial charge in [-0.05, 0) is 45.1 Å². The molecule has 0 radical (unpaired) electrons. The van der Waals surface area contributed by atoms with Crippen LogP contribution in [0, 0.1) is 5.92 Å². The Balaban J connectivity index is 2.35. The summed E-state index contributed by atoms with van der Waals surface area (Å²) in [6, 6.07) is 1.18. The Morgan fingerprint density at radius 1 is 1.27 bits per heavy atom. The van der Waals surface area contributed by atoms with E-state index in [1.165, 1.54) is 45.2 Å². The third kappa shape index (κ3) is 4.98. The first-order valence-corrected chi connectivity index (χ1v) is 6.59. The molecule has 2 heteroatoms. The van der Waals surface area contributed by atoms with Crippen LogP contribution in [0.15, 0.2) is 0 Å². The molecule has 0 aliphatic carbocycles. The average Bonchev–Trinajstić information content (AvgIpc) is 2.15. The molecule has 1 saturated heterocycles. The number of hydrogen-bond donors (Lipinski definition) is 1. The van der Waals surface area contributed by atoms with Gasteiger partial charge in [0, 0.05) is 18.6 Å². The van der Waals surface area contributed by atoms with Gasteiger partial charge in [0.1, 0.15) is 0 Å². The van der Waals surface area contributed by atoms with Gasteiger partial charge in [0.15, 0.2) is 0 Å². The quantitative estimate of drug-likeness (QED) is 0.759. The zero-order valence-electron chi connectivity index (χ0n) is 10.7. The Morgan fingerprint density at radius 2 is 2.00 bits per heavy atom. The van der Waals surface area contributed by atoms with Crippen LogP contribution in [0.4, 0.5) is 0 Å². The lowest BCUT2D eigenvalue weighted by atomic mass is 9.95. The summed E-state index contributed by atoms with van der Waals surface area (Å²) >= 11 is 0. The highest BCUT2D eigenvalue weighted by Crippen LogP contribution is 2.22. The molecule has 1 fully saturated rings. The summed E-state index contributed by atoms with van der Waals surface area (Å²) in [4.78, 5) is 2.69. The molecule has 0 aromatic carbocycles. The molecular weight excluding hydrogens is 184 g/mol. The van der Waals surface area contributed by atoms with Crippen LogP contribution in [0.2, 0.25) is 0 Å². The number of nitrogens with two attached hydrogens (primary N) is 1. The summed E-state index contributed by atoms with van der Waals surface area (Å²) in [6.45, 7) is 9.33. The highest BCUT2D eigenvalue weighted by Gasteiger charge is 2.22. The van der Waals surface area contributed by atoms with E-state index in [2.05, 4.69) is 25.7 Å². The molecule has 0 spiro atoms. The molecular formula is C13H28N2. The smallest absolute Gasteiger partial charge is 0.00959 e. The minimum absolute atomic E-state index is 0.368. The molecule has 1 aliphatic heterocycles. The first-order chi connectivity index (χ1) is 7.09. The van der Waals surface area contributed by atoms with Crippen LogP contribution >= 0.6 is 0 Å². The van der Waals surface area contributed by atoms with E-state index < -0.39 is 0 Å². The molecule has 0 aromatic rings. The van der Waals surface area contributed by atoms with Gasteiger partial charge in [-0.2, -0.15) is 0 Å². The van der Waals surface area contributed by atoms with Gasteiger partial charge in [0.05, 0.1) is 0 Å². The average molecular weight is 212 g/mol. The van der Waals surface area contributed by atoms with Gasteiger partial charge in [-0.15, -0.1) is 0 Å². The maximum absolute atomic E-state index is 5.84. The minimum Gasteiger partial charge on any atom is -0.328 e. The Kier molecular flexibility index (Phi) is 5.62. The van der Waals surface area contributed by atoms with Crippen molar-refractivity contribution in [1.29, 1.82) is 0 Å². The number of likely N-dealkylation sites (tertiary alicyclic amines) is 1. The fourth-order valence-electron chi connectivity index (χ4n) is 2.55. The molecule has 2 unspecified atom stereocenters. The standard InChI is InChI=1S/C13H28N2/c1-11(2)10-15-9-5-4-6-13(15)8-7-12(3)14/h11-13H,4-10,14H2,1-3H3. The minimum atomic E-state index is 0.368. The summed E-state index contributed by atoms with van der Waals surface area (Å²) < 4.78 is 0. The van der Waals surface area contributed by atoms with Crippen molar-refractivity contribution in [2.75, 3.05) is 13.1 Å². The Labute approximate surface area is 95.2 Å². The second-order valence-corrected chi connectivity index (χ2v) is 5.59. The predicted molar refractivity (Wildman–Crippen MR) is 66.9 cm³/mol. The molecule has 2 N–H and O–H groups in total. The molecule has 90 valence electrons. The number of nitrogens with zero attached hydrogens (tertiary/aromatic N) is 1. The highest BCUT2D eigenvalue weighted by molar-refractivity contribution is 4.78. The maximum Gasteiger partial charge on any atom is 0.00959 e. The Bertz CT molecular complexity index is 166. The molecule has 0 bridgehead atoms. The summed E-state index contributed by atoms with van der Waals surface area (Å²) in [7, 11) is 0. The van der Waals surface area contributed by atoms with Crippen molar-refractivity contribution in [3.8, 4) is 0 Å². The summed E-state index contributed by atoms with van der Waals surface area (Å²) in [5.41, 5.74) is 5.84. The Hall–Kier alpha value is -0.0800. The van der Waals surface area contributed by atoms with Crippen LogP contribution in [0.5, 0.6) is 0 Å². The van der Waals surface area contributed by atoms with E-state index in [0.29, 0.717) is 6.04 Å². The van der Waals surface area contributed by atoms with E-state index in [9.17, 15) is 0 Å². The van der Waals surface area contributed by atoms with Crippen LogP contribution in [0.25, 0.3) is 0 Å². The number of piperidine rings is 1. The number of rotatable bonds is 5. The molecule has 1 heterocycles. The Morgan fingerprint density at radius 3 is 2.60 bits per heavy atom. The fraction of sp³-hybridized carbons (Fsp3) is 1.00. The van der Waals surface area contributed by atoms with E-state index in [0.717, 1.165) is 12.0 Å². The first-order valence-electron chi connectivity index (χ1n) is 6.59. The lowest BCUT2D eigenvalue weighted by Gasteiger charge is -2.37. The fourth-order valence-corrected chi connectivity index (χ4v) is 2.55.